The first-order valence-corrected chi connectivity index (χ1v) is 10.6. The highest BCUT2D eigenvalue weighted by Gasteiger charge is 2.45. The van der Waals surface area contributed by atoms with Crippen LogP contribution in [-0.2, 0) is 9.53 Å². The summed E-state index contributed by atoms with van der Waals surface area (Å²) in [6.07, 6.45) is 8.89. The zero-order chi connectivity index (χ0) is 18.1. The molecule has 3 saturated heterocycles. The molecular weight excluding hydrogens is 330 g/mol. The molecule has 4 aliphatic rings. The lowest BCUT2D eigenvalue weighted by atomic mass is 9.84. The molecule has 3 atom stereocenters. The summed E-state index contributed by atoms with van der Waals surface area (Å²) in [5, 5.41) is 0. The largest absolute Gasteiger partial charge is 0.450 e. The molecule has 3 aliphatic heterocycles. The van der Waals surface area contributed by atoms with E-state index in [1.807, 2.05) is 11.8 Å². The van der Waals surface area contributed by atoms with Crippen molar-refractivity contribution in [1.29, 1.82) is 0 Å². The highest BCUT2D eigenvalue weighted by Crippen LogP contribution is 2.39. The van der Waals surface area contributed by atoms with Gasteiger partial charge < -0.3 is 14.5 Å². The smallest absolute Gasteiger partial charge is 0.409 e. The van der Waals surface area contributed by atoms with E-state index in [9.17, 15) is 9.59 Å². The van der Waals surface area contributed by atoms with Gasteiger partial charge in [0, 0.05) is 50.7 Å². The van der Waals surface area contributed by atoms with E-state index in [4.69, 9.17) is 4.74 Å². The van der Waals surface area contributed by atoms with Crippen LogP contribution in [-0.4, -0.2) is 77.6 Å². The number of amides is 2. The molecule has 0 bridgehead atoms. The lowest BCUT2D eigenvalue weighted by Gasteiger charge is -2.42. The Hall–Kier alpha value is -1.30. The zero-order valence-corrected chi connectivity index (χ0v) is 16.1. The molecule has 0 aromatic rings. The zero-order valence-electron chi connectivity index (χ0n) is 16.1. The Morgan fingerprint density at radius 2 is 1.77 bits per heavy atom. The van der Waals surface area contributed by atoms with Gasteiger partial charge in [0.1, 0.15) is 0 Å². The van der Waals surface area contributed by atoms with Crippen LogP contribution >= 0.6 is 0 Å². The molecule has 0 aromatic carbocycles. The van der Waals surface area contributed by atoms with Crippen molar-refractivity contribution in [3.63, 3.8) is 0 Å². The molecule has 4 fully saturated rings. The van der Waals surface area contributed by atoms with Crippen LogP contribution in [0.15, 0.2) is 0 Å². The summed E-state index contributed by atoms with van der Waals surface area (Å²) in [6, 6.07) is 1.42. The monoisotopic (exact) mass is 363 g/mol. The molecule has 4 rings (SSSR count). The van der Waals surface area contributed by atoms with Crippen molar-refractivity contribution in [2.75, 3.05) is 32.8 Å². The Balaban J connectivity index is 1.29. The van der Waals surface area contributed by atoms with E-state index >= 15 is 0 Å². The van der Waals surface area contributed by atoms with Crippen LogP contribution in [0.5, 0.6) is 0 Å². The highest BCUT2D eigenvalue weighted by atomic mass is 16.6. The maximum atomic E-state index is 12.6. The minimum Gasteiger partial charge on any atom is -0.450 e. The average Bonchev–Trinajstić information content (AvgIpc) is 3.26. The molecule has 2 amide bonds. The number of hydrogen-bond donors (Lipinski definition) is 0. The van der Waals surface area contributed by atoms with Gasteiger partial charge in [0.05, 0.1) is 6.61 Å². The molecule has 146 valence electrons. The predicted octanol–water partition coefficient (Wildman–Crippen LogP) is 2.47. The molecule has 0 radical (unpaired) electrons. The van der Waals surface area contributed by atoms with E-state index in [2.05, 4.69) is 9.80 Å². The number of likely N-dealkylation sites (tertiary alicyclic amines) is 3. The summed E-state index contributed by atoms with van der Waals surface area (Å²) < 4.78 is 5.13. The fraction of sp³-hybridized carbons (Fsp3) is 0.900. The van der Waals surface area contributed by atoms with Gasteiger partial charge >= 0.3 is 6.09 Å². The maximum Gasteiger partial charge on any atom is 0.409 e. The summed E-state index contributed by atoms with van der Waals surface area (Å²) in [5.41, 5.74) is 0. The van der Waals surface area contributed by atoms with Crippen molar-refractivity contribution < 1.29 is 14.3 Å². The second-order valence-electron chi connectivity index (χ2n) is 8.47. The van der Waals surface area contributed by atoms with Gasteiger partial charge in [-0.3, -0.25) is 9.69 Å². The van der Waals surface area contributed by atoms with E-state index in [1.54, 1.807) is 0 Å². The molecule has 1 saturated carbocycles. The number of carbonyl (C=O) groups is 2. The Morgan fingerprint density at radius 1 is 1.04 bits per heavy atom. The third-order valence-corrected chi connectivity index (χ3v) is 7.05. The van der Waals surface area contributed by atoms with E-state index in [-0.39, 0.29) is 6.09 Å². The van der Waals surface area contributed by atoms with Crippen molar-refractivity contribution in [2.24, 2.45) is 5.92 Å². The number of rotatable bonds is 3. The van der Waals surface area contributed by atoms with Crippen LogP contribution < -0.4 is 0 Å². The average molecular weight is 364 g/mol. The van der Waals surface area contributed by atoms with Crippen molar-refractivity contribution in [2.45, 2.75) is 76.4 Å². The van der Waals surface area contributed by atoms with Crippen LogP contribution in [0.2, 0.25) is 0 Å². The number of nitrogens with zero attached hydrogens (tertiary/aromatic N) is 3. The van der Waals surface area contributed by atoms with Crippen LogP contribution in [0.25, 0.3) is 0 Å². The molecule has 0 aromatic heterocycles. The molecule has 26 heavy (non-hydrogen) atoms. The Bertz CT molecular complexity index is 532. The summed E-state index contributed by atoms with van der Waals surface area (Å²) in [7, 11) is 0. The number of fused-ring (bicyclic) bond motifs is 1. The fourth-order valence-electron chi connectivity index (χ4n) is 5.73. The van der Waals surface area contributed by atoms with E-state index in [1.165, 1.54) is 25.7 Å². The van der Waals surface area contributed by atoms with Crippen molar-refractivity contribution in [3.8, 4) is 0 Å². The molecular formula is C20H33N3O3. The van der Waals surface area contributed by atoms with Gasteiger partial charge in [-0.05, 0) is 44.9 Å². The standard InChI is InChI=1S/C20H33N3O3/c1-2-26-20(25)22-12-9-17(14-22)21-10-7-16(8-11-21)23-18-6-4-3-5-15(18)13-19(23)24/h15-18H,2-14H2,1H3/t15-,17-,18+/m1/s1. The predicted molar refractivity (Wildman–Crippen MR) is 98.8 cm³/mol. The molecule has 0 N–H and O–H groups in total. The topological polar surface area (TPSA) is 53.1 Å². The summed E-state index contributed by atoms with van der Waals surface area (Å²) in [4.78, 5) is 31.2. The lowest BCUT2D eigenvalue weighted by molar-refractivity contribution is -0.132. The molecule has 6 heteroatoms. The first-order chi connectivity index (χ1) is 12.7. The third-order valence-electron chi connectivity index (χ3n) is 7.05. The Labute approximate surface area is 156 Å². The van der Waals surface area contributed by atoms with Gasteiger partial charge in [-0.2, -0.15) is 0 Å². The van der Waals surface area contributed by atoms with Crippen LogP contribution in [0.4, 0.5) is 4.79 Å². The van der Waals surface area contributed by atoms with Gasteiger partial charge in [-0.1, -0.05) is 12.8 Å². The second kappa shape index (κ2) is 7.75. The number of piperidine rings is 1. The third kappa shape index (κ3) is 3.45. The quantitative estimate of drug-likeness (QED) is 0.773. The number of hydrogen-bond acceptors (Lipinski definition) is 4. The van der Waals surface area contributed by atoms with E-state index in [0.29, 0.717) is 36.6 Å². The van der Waals surface area contributed by atoms with E-state index < -0.39 is 0 Å². The summed E-state index contributed by atoms with van der Waals surface area (Å²) in [6.45, 7) is 5.99. The first-order valence-electron chi connectivity index (χ1n) is 10.6. The Kier molecular flexibility index (Phi) is 5.39. The van der Waals surface area contributed by atoms with Gasteiger partial charge in [0.15, 0.2) is 0 Å². The summed E-state index contributed by atoms with van der Waals surface area (Å²) in [5.74, 6) is 1.04. The maximum absolute atomic E-state index is 12.6. The lowest BCUT2D eigenvalue weighted by Crippen LogP contribution is -2.52. The molecule has 0 spiro atoms. The molecule has 3 heterocycles. The minimum atomic E-state index is -0.170. The van der Waals surface area contributed by atoms with Crippen molar-refractivity contribution in [1.82, 2.24) is 14.7 Å². The number of carbonyl (C=O) groups excluding carboxylic acids is 2. The van der Waals surface area contributed by atoms with Crippen LogP contribution in [0.3, 0.4) is 0 Å². The SMILES string of the molecule is CCOC(=O)N1CC[C@@H](N2CCC(N3C(=O)C[C@H]4CCCC[C@@H]43)CC2)C1. The van der Waals surface area contributed by atoms with Crippen LogP contribution in [0.1, 0.15) is 58.3 Å². The molecule has 0 unspecified atom stereocenters. The summed E-state index contributed by atoms with van der Waals surface area (Å²) >= 11 is 0. The highest BCUT2D eigenvalue weighted by molar-refractivity contribution is 5.79. The van der Waals surface area contributed by atoms with Crippen molar-refractivity contribution in [3.05, 3.63) is 0 Å². The van der Waals surface area contributed by atoms with Crippen molar-refractivity contribution >= 4 is 12.0 Å². The first kappa shape index (κ1) is 18.1. The van der Waals surface area contributed by atoms with Gasteiger partial charge in [0.25, 0.3) is 0 Å². The second-order valence-corrected chi connectivity index (χ2v) is 8.47. The van der Waals surface area contributed by atoms with E-state index in [0.717, 1.165) is 51.9 Å². The fourth-order valence-corrected chi connectivity index (χ4v) is 5.73. The van der Waals surface area contributed by atoms with Gasteiger partial charge in [-0.15, -0.1) is 0 Å². The number of ether oxygens (including phenoxy) is 1. The normalized spacial score (nSPS) is 33.6. The molecule has 6 nitrogen and oxygen atoms in total. The minimum absolute atomic E-state index is 0.170. The van der Waals surface area contributed by atoms with Gasteiger partial charge in [0.2, 0.25) is 5.91 Å². The Morgan fingerprint density at radius 3 is 2.54 bits per heavy atom. The van der Waals surface area contributed by atoms with Gasteiger partial charge in [-0.25, -0.2) is 4.79 Å². The van der Waals surface area contributed by atoms with Crippen LogP contribution in [0, 0.1) is 5.92 Å². The molecule has 1 aliphatic carbocycles.